The number of aliphatic hydroxyl groups is 3. The number of methoxy groups -OCH3 is 1. The predicted octanol–water partition coefficient (Wildman–Crippen LogP) is -0.0285. The van der Waals surface area contributed by atoms with Gasteiger partial charge in [0, 0.05) is 18.4 Å². The summed E-state index contributed by atoms with van der Waals surface area (Å²) in [6, 6.07) is 6.18. The lowest BCUT2D eigenvalue weighted by molar-refractivity contribution is -0.323. The number of para-hydroxylation sites is 1. The number of nitrogens with one attached hydrogen (secondary N) is 4. The number of ether oxygens (including phenoxy) is 1. The standard InChI is InChI=1S/C23H26N8O8/c1-3-17(32)24-10-16-27-22(39-31-16)12-5-4-6-13(19(12)38-2)25-14-9-15(26-20(33)11-7-8-11)29-30-18(14)21(34)28-23(35,36)37/h4-6,9,11,35-37H,3,7-8,10H2,1-2H3,(H,24,32)(H,28,34)(H2,25,26,29,33). The summed E-state index contributed by atoms with van der Waals surface area (Å²) in [6.45, 7) is 1.78. The van der Waals surface area contributed by atoms with E-state index in [2.05, 4.69) is 36.3 Å². The van der Waals surface area contributed by atoms with E-state index in [0.29, 0.717) is 17.7 Å². The molecule has 2 aromatic heterocycles. The van der Waals surface area contributed by atoms with Crippen LogP contribution in [0.15, 0.2) is 28.8 Å². The van der Waals surface area contributed by atoms with Crippen LogP contribution in [0.3, 0.4) is 0 Å². The molecule has 16 nitrogen and oxygen atoms in total. The fourth-order valence-electron chi connectivity index (χ4n) is 3.41. The predicted molar refractivity (Wildman–Crippen MR) is 132 cm³/mol. The minimum atomic E-state index is -3.52. The highest BCUT2D eigenvalue weighted by Crippen LogP contribution is 2.38. The molecule has 0 spiro atoms. The smallest absolute Gasteiger partial charge is 0.369 e. The van der Waals surface area contributed by atoms with E-state index in [1.54, 1.807) is 30.4 Å². The quantitative estimate of drug-likeness (QED) is 0.158. The number of hydrogen-bond donors (Lipinski definition) is 7. The van der Waals surface area contributed by atoms with Gasteiger partial charge < -0.3 is 40.5 Å². The van der Waals surface area contributed by atoms with E-state index in [1.165, 1.54) is 13.2 Å². The number of aromatic nitrogens is 4. The molecule has 1 fully saturated rings. The van der Waals surface area contributed by atoms with E-state index in [1.807, 2.05) is 0 Å². The van der Waals surface area contributed by atoms with Crippen LogP contribution in [0.25, 0.3) is 11.5 Å². The lowest BCUT2D eigenvalue weighted by Crippen LogP contribution is -2.48. The van der Waals surface area contributed by atoms with Crippen LogP contribution < -0.4 is 26.0 Å². The molecule has 7 N–H and O–H groups in total. The van der Waals surface area contributed by atoms with Gasteiger partial charge in [0.05, 0.1) is 30.6 Å². The molecule has 3 amide bonds. The van der Waals surface area contributed by atoms with Crippen molar-refractivity contribution in [3.63, 3.8) is 0 Å². The Balaban J connectivity index is 1.66. The van der Waals surface area contributed by atoms with Crippen LogP contribution >= 0.6 is 0 Å². The van der Waals surface area contributed by atoms with Crippen LogP contribution in [-0.4, -0.2) is 66.6 Å². The van der Waals surface area contributed by atoms with Gasteiger partial charge in [-0.25, -0.2) is 0 Å². The minimum absolute atomic E-state index is 0.0261. The number of carbonyl (C=O) groups excluding carboxylic acids is 3. The second kappa shape index (κ2) is 11.4. The molecular weight excluding hydrogens is 516 g/mol. The van der Waals surface area contributed by atoms with Crippen LogP contribution in [0.5, 0.6) is 5.75 Å². The van der Waals surface area contributed by atoms with Gasteiger partial charge in [0.2, 0.25) is 11.8 Å². The zero-order valence-electron chi connectivity index (χ0n) is 20.9. The Bertz CT molecular complexity index is 1380. The van der Waals surface area contributed by atoms with E-state index < -0.39 is 17.7 Å². The van der Waals surface area contributed by atoms with Crippen molar-refractivity contribution in [1.29, 1.82) is 0 Å². The van der Waals surface area contributed by atoms with Crippen molar-refractivity contribution in [2.24, 2.45) is 5.92 Å². The second-order valence-corrected chi connectivity index (χ2v) is 8.50. The second-order valence-electron chi connectivity index (χ2n) is 8.50. The molecule has 0 unspecified atom stereocenters. The molecule has 39 heavy (non-hydrogen) atoms. The van der Waals surface area contributed by atoms with E-state index >= 15 is 0 Å². The molecule has 1 aliphatic rings. The number of benzene rings is 1. The summed E-state index contributed by atoms with van der Waals surface area (Å²) in [6.07, 6.45) is -1.71. The molecule has 0 aliphatic heterocycles. The highest BCUT2D eigenvalue weighted by Gasteiger charge is 2.31. The van der Waals surface area contributed by atoms with E-state index in [4.69, 9.17) is 9.26 Å². The van der Waals surface area contributed by atoms with Gasteiger partial charge in [0.15, 0.2) is 23.1 Å². The van der Waals surface area contributed by atoms with Crippen LogP contribution in [0.4, 0.5) is 17.2 Å². The molecule has 0 bridgehead atoms. The Morgan fingerprint density at radius 2 is 1.92 bits per heavy atom. The van der Waals surface area contributed by atoms with Gasteiger partial charge in [-0.15, -0.1) is 10.2 Å². The van der Waals surface area contributed by atoms with Gasteiger partial charge >= 0.3 is 6.10 Å². The maximum Gasteiger partial charge on any atom is 0.369 e. The highest BCUT2D eigenvalue weighted by molar-refractivity contribution is 6.00. The van der Waals surface area contributed by atoms with Crippen LogP contribution in [-0.2, 0) is 16.1 Å². The molecule has 0 radical (unpaired) electrons. The molecular formula is C23H26N8O8. The van der Waals surface area contributed by atoms with Gasteiger partial charge in [-0.1, -0.05) is 18.1 Å². The summed E-state index contributed by atoms with van der Waals surface area (Å²) in [5.74, 6) is -1.18. The van der Waals surface area contributed by atoms with Gasteiger partial charge in [-0.2, -0.15) is 4.98 Å². The molecule has 1 aliphatic carbocycles. The van der Waals surface area contributed by atoms with Crippen molar-refractivity contribution in [3.8, 4) is 17.2 Å². The Labute approximate surface area is 220 Å². The number of anilines is 3. The molecule has 3 aromatic rings. The first-order valence-electron chi connectivity index (χ1n) is 11.8. The zero-order valence-corrected chi connectivity index (χ0v) is 20.9. The van der Waals surface area contributed by atoms with Crippen molar-refractivity contribution in [1.82, 2.24) is 31.0 Å². The third-order valence-electron chi connectivity index (χ3n) is 5.44. The molecule has 1 saturated carbocycles. The number of nitrogens with zero attached hydrogens (tertiary/aromatic N) is 4. The van der Waals surface area contributed by atoms with Crippen molar-refractivity contribution in [3.05, 3.63) is 35.8 Å². The summed E-state index contributed by atoms with van der Waals surface area (Å²) >= 11 is 0. The van der Waals surface area contributed by atoms with Gasteiger partial charge in [0.25, 0.3) is 11.8 Å². The topological polar surface area (TPSA) is 234 Å². The first-order valence-corrected chi connectivity index (χ1v) is 11.8. The monoisotopic (exact) mass is 542 g/mol. The first kappa shape index (κ1) is 27.4. The number of rotatable bonds is 11. The van der Waals surface area contributed by atoms with Crippen molar-refractivity contribution < 1.29 is 39.0 Å². The number of carbonyl (C=O) groups is 3. The van der Waals surface area contributed by atoms with Gasteiger partial charge in [0.1, 0.15) is 0 Å². The third kappa shape index (κ3) is 7.01. The van der Waals surface area contributed by atoms with Crippen LogP contribution in [0.2, 0.25) is 0 Å². The van der Waals surface area contributed by atoms with E-state index in [0.717, 1.165) is 12.8 Å². The number of amides is 3. The molecule has 2 heterocycles. The largest absolute Gasteiger partial charge is 0.494 e. The summed E-state index contributed by atoms with van der Waals surface area (Å²) in [7, 11) is 1.39. The minimum Gasteiger partial charge on any atom is -0.494 e. The highest BCUT2D eigenvalue weighted by atomic mass is 16.7. The van der Waals surface area contributed by atoms with Crippen LogP contribution in [0, 0.1) is 5.92 Å². The SMILES string of the molecule is CCC(=O)NCc1noc(-c2cccc(Nc3cc(NC(=O)C4CC4)nnc3C(=O)NC(O)(O)O)c2OC)n1. The van der Waals surface area contributed by atoms with E-state index in [-0.39, 0.29) is 53.2 Å². The Kier molecular flexibility index (Phi) is 7.99. The third-order valence-corrected chi connectivity index (χ3v) is 5.44. The average Bonchev–Trinajstić information content (AvgIpc) is 3.64. The molecule has 0 saturated heterocycles. The van der Waals surface area contributed by atoms with Crippen molar-refractivity contribution >= 4 is 34.9 Å². The Morgan fingerprint density at radius 3 is 2.59 bits per heavy atom. The summed E-state index contributed by atoms with van der Waals surface area (Å²) < 4.78 is 10.9. The van der Waals surface area contributed by atoms with Gasteiger partial charge in [-0.05, 0) is 25.0 Å². The Morgan fingerprint density at radius 1 is 1.15 bits per heavy atom. The summed E-state index contributed by atoms with van der Waals surface area (Å²) in [5, 5.41) is 48.8. The Hall–Kier alpha value is -4.67. The molecule has 206 valence electrons. The maximum absolute atomic E-state index is 12.6. The lowest BCUT2D eigenvalue weighted by Gasteiger charge is -2.18. The first-order chi connectivity index (χ1) is 18.6. The van der Waals surface area contributed by atoms with Gasteiger partial charge in [-0.3, -0.25) is 19.7 Å². The lowest BCUT2D eigenvalue weighted by atomic mass is 10.1. The zero-order chi connectivity index (χ0) is 28.2. The fraction of sp³-hybridized carbons (Fsp3) is 0.348. The summed E-state index contributed by atoms with van der Waals surface area (Å²) in [4.78, 5) is 40.6. The molecule has 0 atom stereocenters. The maximum atomic E-state index is 12.6. The molecule has 4 rings (SSSR count). The van der Waals surface area contributed by atoms with Crippen molar-refractivity contribution in [2.75, 3.05) is 17.7 Å². The van der Waals surface area contributed by atoms with Crippen molar-refractivity contribution in [2.45, 2.75) is 38.8 Å². The summed E-state index contributed by atoms with van der Waals surface area (Å²) in [5.41, 5.74) is 0.194. The molecule has 1 aromatic carbocycles. The number of hydrogen-bond acceptors (Lipinski definition) is 13. The normalized spacial score (nSPS) is 12.9. The average molecular weight is 543 g/mol. The van der Waals surface area contributed by atoms with Crippen LogP contribution in [0.1, 0.15) is 42.5 Å². The molecule has 16 heteroatoms. The van der Waals surface area contributed by atoms with E-state index in [9.17, 15) is 29.7 Å². The fourth-order valence-corrected chi connectivity index (χ4v) is 3.41.